The highest BCUT2D eigenvalue weighted by atomic mass is 16.1. The molecule has 1 N–H and O–H groups in total. The summed E-state index contributed by atoms with van der Waals surface area (Å²) in [5, 5.41) is 12.9. The number of nitrogens with zero attached hydrogens (tertiary/aromatic N) is 4. The van der Waals surface area contributed by atoms with Crippen LogP contribution in [0.5, 0.6) is 0 Å². The number of aryl methyl sites for hydroxylation is 1. The van der Waals surface area contributed by atoms with Crippen molar-refractivity contribution in [2.45, 2.75) is 6.92 Å². The van der Waals surface area contributed by atoms with Gasteiger partial charge in [-0.15, -0.1) is 0 Å². The molecule has 1 amide bonds. The predicted molar refractivity (Wildman–Crippen MR) is 130 cm³/mol. The Morgan fingerprint density at radius 3 is 2.33 bits per heavy atom. The first kappa shape index (κ1) is 20.2. The van der Waals surface area contributed by atoms with Gasteiger partial charge in [0.25, 0.3) is 0 Å². The standard InChI is InChI=1S/C27H19N5O/c1-18-9-5-8-14-23(18)32-26(31-24(33)16-15-19-10-3-2-4-11-19)20(17-28)25-27(32)30-22-13-7-6-12-21(22)29-25/h2-16H,1H3,(H,31,33)/b16-15+. The van der Waals surface area contributed by atoms with E-state index in [1.807, 2.05) is 85.8 Å². The van der Waals surface area contributed by atoms with Crippen LogP contribution in [-0.2, 0) is 4.79 Å². The molecule has 2 aromatic heterocycles. The molecule has 5 rings (SSSR count). The minimum absolute atomic E-state index is 0.271. The Bertz CT molecular complexity index is 1580. The van der Waals surface area contributed by atoms with Gasteiger partial charge in [-0.1, -0.05) is 60.7 Å². The van der Waals surface area contributed by atoms with Crippen molar-refractivity contribution in [3.63, 3.8) is 0 Å². The van der Waals surface area contributed by atoms with Crippen molar-refractivity contribution >= 4 is 40.0 Å². The van der Waals surface area contributed by atoms with Crippen molar-refractivity contribution in [2.24, 2.45) is 0 Å². The molecule has 5 aromatic rings. The maximum Gasteiger partial charge on any atom is 0.249 e. The lowest BCUT2D eigenvalue weighted by atomic mass is 10.2. The summed E-state index contributed by atoms with van der Waals surface area (Å²) in [5.74, 6) is -0.00244. The fraction of sp³-hybridized carbons (Fsp3) is 0.0370. The molecule has 0 spiro atoms. The van der Waals surface area contributed by atoms with E-state index in [2.05, 4.69) is 11.4 Å². The number of amides is 1. The van der Waals surface area contributed by atoms with Gasteiger partial charge in [0.1, 0.15) is 23.0 Å². The zero-order valence-corrected chi connectivity index (χ0v) is 17.9. The Kier molecular flexibility index (Phi) is 5.13. The van der Waals surface area contributed by atoms with Gasteiger partial charge in [0.15, 0.2) is 5.65 Å². The van der Waals surface area contributed by atoms with E-state index in [4.69, 9.17) is 9.97 Å². The van der Waals surface area contributed by atoms with Gasteiger partial charge < -0.3 is 5.32 Å². The summed E-state index contributed by atoms with van der Waals surface area (Å²) >= 11 is 0. The minimum Gasteiger partial charge on any atom is -0.307 e. The van der Waals surface area contributed by atoms with E-state index >= 15 is 0 Å². The van der Waals surface area contributed by atoms with Crippen LogP contribution >= 0.6 is 0 Å². The summed E-state index contributed by atoms with van der Waals surface area (Å²) in [6.07, 6.45) is 3.18. The smallest absolute Gasteiger partial charge is 0.249 e. The maximum atomic E-state index is 12.9. The highest BCUT2D eigenvalue weighted by molar-refractivity contribution is 6.05. The van der Waals surface area contributed by atoms with E-state index in [1.165, 1.54) is 6.08 Å². The fourth-order valence-corrected chi connectivity index (χ4v) is 3.81. The van der Waals surface area contributed by atoms with E-state index in [-0.39, 0.29) is 11.5 Å². The Morgan fingerprint density at radius 1 is 0.939 bits per heavy atom. The molecular formula is C27H19N5O. The van der Waals surface area contributed by atoms with E-state index in [0.29, 0.717) is 28.0 Å². The van der Waals surface area contributed by atoms with E-state index in [9.17, 15) is 10.1 Å². The predicted octanol–water partition coefficient (Wildman–Crippen LogP) is 5.41. The first-order valence-electron chi connectivity index (χ1n) is 10.5. The van der Waals surface area contributed by atoms with Crippen LogP contribution < -0.4 is 5.32 Å². The molecule has 0 fully saturated rings. The second-order valence-corrected chi connectivity index (χ2v) is 7.58. The summed E-state index contributed by atoms with van der Waals surface area (Å²) in [6, 6.07) is 27.1. The molecule has 0 aliphatic rings. The number of benzene rings is 3. The molecule has 0 saturated carbocycles. The quantitative estimate of drug-likeness (QED) is 0.388. The first-order valence-corrected chi connectivity index (χ1v) is 10.5. The van der Waals surface area contributed by atoms with Crippen molar-refractivity contribution in [3.8, 4) is 11.8 Å². The van der Waals surface area contributed by atoms with E-state index < -0.39 is 0 Å². The van der Waals surface area contributed by atoms with Crippen molar-refractivity contribution in [3.05, 3.63) is 102 Å². The molecule has 158 valence electrons. The number of nitrogens with one attached hydrogen (secondary N) is 1. The third-order valence-corrected chi connectivity index (χ3v) is 5.40. The lowest BCUT2D eigenvalue weighted by Crippen LogP contribution is -2.13. The third-order valence-electron chi connectivity index (χ3n) is 5.40. The zero-order chi connectivity index (χ0) is 22.8. The fourth-order valence-electron chi connectivity index (χ4n) is 3.81. The number of hydrogen-bond acceptors (Lipinski definition) is 4. The van der Waals surface area contributed by atoms with Crippen LogP contribution in [0, 0.1) is 18.3 Å². The molecular weight excluding hydrogens is 410 g/mol. The van der Waals surface area contributed by atoms with Crippen LogP contribution in [0.4, 0.5) is 5.82 Å². The largest absolute Gasteiger partial charge is 0.307 e. The maximum absolute atomic E-state index is 12.9. The normalized spacial score (nSPS) is 11.2. The van der Waals surface area contributed by atoms with Crippen LogP contribution in [0.25, 0.3) is 34.0 Å². The van der Waals surface area contributed by atoms with Gasteiger partial charge in [-0.2, -0.15) is 5.26 Å². The molecule has 0 radical (unpaired) electrons. The van der Waals surface area contributed by atoms with Gasteiger partial charge in [-0.25, -0.2) is 9.97 Å². The number of carbonyl (C=O) groups is 1. The molecule has 0 atom stereocenters. The Hall–Kier alpha value is -4.76. The summed E-state index contributed by atoms with van der Waals surface area (Å²) < 4.78 is 1.80. The summed E-state index contributed by atoms with van der Waals surface area (Å²) in [5.41, 5.74) is 5.33. The Balaban J connectivity index is 1.71. The highest BCUT2D eigenvalue weighted by Crippen LogP contribution is 2.33. The summed E-state index contributed by atoms with van der Waals surface area (Å²) in [7, 11) is 0. The average Bonchev–Trinajstić information content (AvgIpc) is 3.13. The van der Waals surface area contributed by atoms with Gasteiger partial charge in [0.05, 0.1) is 16.7 Å². The molecule has 6 nitrogen and oxygen atoms in total. The lowest BCUT2D eigenvalue weighted by molar-refractivity contribution is -0.111. The molecule has 0 aliphatic carbocycles. The van der Waals surface area contributed by atoms with Crippen LogP contribution in [0.2, 0.25) is 0 Å². The molecule has 0 unspecified atom stereocenters. The van der Waals surface area contributed by atoms with Crippen LogP contribution in [0.1, 0.15) is 16.7 Å². The first-order chi connectivity index (χ1) is 16.2. The molecule has 0 bridgehead atoms. The number of rotatable bonds is 4. The number of nitriles is 1. The van der Waals surface area contributed by atoms with E-state index in [0.717, 1.165) is 16.8 Å². The van der Waals surface area contributed by atoms with Crippen molar-refractivity contribution in [2.75, 3.05) is 5.32 Å². The zero-order valence-electron chi connectivity index (χ0n) is 17.9. The highest BCUT2D eigenvalue weighted by Gasteiger charge is 2.23. The Labute approximate surface area is 190 Å². The molecule has 6 heteroatoms. The topological polar surface area (TPSA) is 83.6 Å². The van der Waals surface area contributed by atoms with Gasteiger partial charge in [-0.05, 0) is 42.3 Å². The van der Waals surface area contributed by atoms with Gasteiger partial charge in [-0.3, -0.25) is 9.36 Å². The second-order valence-electron chi connectivity index (χ2n) is 7.58. The molecule has 3 aromatic carbocycles. The lowest BCUT2D eigenvalue weighted by Gasteiger charge is -2.13. The van der Waals surface area contributed by atoms with Crippen LogP contribution in [-0.4, -0.2) is 20.4 Å². The van der Waals surface area contributed by atoms with Crippen LogP contribution in [0.3, 0.4) is 0 Å². The number of anilines is 1. The van der Waals surface area contributed by atoms with Gasteiger partial charge in [0.2, 0.25) is 5.91 Å². The molecule has 0 saturated heterocycles. The van der Waals surface area contributed by atoms with Crippen LogP contribution in [0.15, 0.2) is 84.9 Å². The Morgan fingerprint density at radius 2 is 1.61 bits per heavy atom. The van der Waals surface area contributed by atoms with Crippen molar-refractivity contribution < 1.29 is 4.79 Å². The molecule has 33 heavy (non-hydrogen) atoms. The van der Waals surface area contributed by atoms with Crippen molar-refractivity contribution in [1.82, 2.24) is 14.5 Å². The van der Waals surface area contributed by atoms with E-state index in [1.54, 1.807) is 10.6 Å². The van der Waals surface area contributed by atoms with Crippen molar-refractivity contribution in [1.29, 1.82) is 5.26 Å². The SMILES string of the molecule is Cc1ccccc1-n1c(NC(=O)/C=C/c2ccccc2)c(C#N)c2nc3ccccc3nc21. The minimum atomic E-state index is -0.349. The summed E-state index contributed by atoms with van der Waals surface area (Å²) in [4.78, 5) is 22.4. The summed E-state index contributed by atoms with van der Waals surface area (Å²) in [6.45, 7) is 1.97. The average molecular weight is 429 g/mol. The number of fused-ring (bicyclic) bond motifs is 2. The van der Waals surface area contributed by atoms with Gasteiger partial charge >= 0.3 is 0 Å². The number of hydrogen-bond donors (Lipinski definition) is 1. The molecule has 0 aliphatic heterocycles. The second kappa shape index (κ2) is 8.40. The number of carbonyl (C=O) groups excluding carboxylic acids is 1. The molecule has 2 heterocycles. The van der Waals surface area contributed by atoms with Gasteiger partial charge in [0, 0.05) is 6.08 Å². The third kappa shape index (κ3) is 3.73. The monoisotopic (exact) mass is 429 g/mol. The number of aromatic nitrogens is 3. The number of para-hydroxylation sites is 3.